The van der Waals surface area contributed by atoms with Gasteiger partial charge in [0.25, 0.3) is 0 Å². The number of rotatable bonds is 2. The summed E-state index contributed by atoms with van der Waals surface area (Å²) in [6, 6.07) is 19.4. The van der Waals surface area contributed by atoms with Gasteiger partial charge in [-0.05, 0) is 41.1 Å². The van der Waals surface area contributed by atoms with Gasteiger partial charge in [-0.3, -0.25) is 0 Å². The van der Waals surface area contributed by atoms with Crippen molar-refractivity contribution in [1.29, 1.82) is 0 Å². The number of nitrogens with one attached hydrogen (secondary N) is 2. The Balaban J connectivity index is 1.75. The lowest BCUT2D eigenvalue weighted by Crippen LogP contribution is -1.95. The molecule has 0 bridgehead atoms. The Morgan fingerprint density at radius 2 is 1.70 bits per heavy atom. The van der Waals surface area contributed by atoms with Crippen molar-refractivity contribution in [2.24, 2.45) is 0 Å². The second kappa shape index (κ2) is 6.18. The Morgan fingerprint density at radius 3 is 2.53 bits per heavy atom. The fraction of sp³-hybridized carbons (Fsp3) is 0. The fourth-order valence-electron chi connectivity index (χ4n) is 4.22. The molecule has 2 heterocycles. The Kier molecular flexibility index (Phi) is 3.55. The SMILES string of the molecule is O=C(O)c1ccc2c3ccccc3c3[nH]c(-c4c[nH]c5ccc(Br)cc45)nc3c2c1. The number of carboxylic acids is 1. The monoisotopic (exact) mass is 455 g/mol. The highest BCUT2D eigenvalue weighted by Gasteiger charge is 2.17. The summed E-state index contributed by atoms with van der Waals surface area (Å²) in [7, 11) is 0. The molecule has 0 fully saturated rings. The molecular weight excluding hydrogens is 442 g/mol. The molecule has 0 spiro atoms. The van der Waals surface area contributed by atoms with Gasteiger partial charge in [-0.1, -0.05) is 46.3 Å². The van der Waals surface area contributed by atoms with Crippen LogP contribution in [0.1, 0.15) is 10.4 Å². The van der Waals surface area contributed by atoms with Gasteiger partial charge in [0.1, 0.15) is 5.82 Å². The molecule has 144 valence electrons. The first-order chi connectivity index (χ1) is 14.6. The molecular formula is C24H14BrN3O2. The zero-order chi connectivity index (χ0) is 20.4. The molecule has 6 heteroatoms. The molecule has 0 aliphatic heterocycles. The van der Waals surface area contributed by atoms with Crippen molar-refractivity contribution in [3.05, 3.63) is 76.9 Å². The normalized spacial score (nSPS) is 11.8. The smallest absolute Gasteiger partial charge is 0.335 e. The Labute approximate surface area is 178 Å². The lowest BCUT2D eigenvalue weighted by molar-refractivity contribution is 0.0697. The average Bonchev–Trinajstić information content (AvgIpc) is 3.37. The van der Waals surface area contributed by atoms with Crippen LogP contribution in [0.4, 0.5) is 0 Å². The molecule has 0 saturated heterocycles. The molecule has 0 radical (unpaired) electrons. The standard InChI is InChI=1S/C24H14BrN3O2/c25-13-6-8-20-17(10-13)19(11-26-20)23-27-21-16-4-2-1-3-14(16)15-7-5-12(24(29)30)9-18(15)22(21)28-23/h1-11,26H,(H,27,28)(H,29,30). The molecule has 2 aromatic heterocycles. The van der Waals surface area contributed by atoms with E-state index in [-0.39, 0.29) is 5.56 Å². The van der Waals surface area contributed by atoms with Crippen molar-refractivity contribution in [2.45, 2.75) is 0 Å². The van der Waals surface area contributed by atoms with E-state index in [0.717, 1.165) is 59.3 Å². The Morgan fingerprint density at radius 1 is 0.900 bits per heavy atom. The molecule has 0 atom stereocenters. The van der Waals surface area contributed by atoms with Crippen LogP contribution >= 0.6 is 15.9 Å². The summed E-state index contributed by atoms with van der Waals surface area (Å²) in [5.74, 6) is -0.205. The topological polar surface area (TPSA) is 81.8 Å². The molecule has 0 saturated carbocycles. The van der Waals surface area contributed by atoms with Crippen molar-refractivity contribution < 1.29 is 9.90 Å². The van der Waals surface area contributed by atoms with E-state index in [2.05, 4.69) is 44.1 Å². The number of benzene rings is 4. The summed E-state index contributed by atoms with van der Waals surface area (Å²) in [5.41, 5.74) is 3.91. The van der Waals surface area contributed by atoms with Gasteiger partial charge < -0.3 is 15.1 Å². The first-order valence-electron chi connectivity index (χ1n) is 9.44. The molecule has 0 aliphatic rings. The highest BCUT2D eigenvalue weighted by atomic mass is 79.9. The van der Waals surface area contributed by atoms with Gasteiger partial charge in [0, 0.05) is 37.9 Å². The number of hydrogen-bond acceptors (Lipinski definition) is 2. The Bertz CT molecular complexity index is 1650. The van der Waals surface area contributed by atoms with Crippen LogP contribution in [0.3, 0.4) is 0 Å². The van der Waals surface area contributed by atoms with E-state index >= 15 is 0 Å². The van der Waals surface area contributed by atoms with E-state index in [4.69, 9.17) is 4.98 Å². The second-order valence-corrected chi connectivity index (χ2v) is 8.23. The minimum atomic E-state index is -0.949. The van der Waals surface area contributed by atoms with Gasteiger partial charge in [0.15, 0.2) is 0 Å². The molecule has 0 unspecified atom stereocenters. The van der Waals surface area contributed by atoms with E-state index in [1.54, 1.807) is 12.1 Å². The van der Waals surface area contributed by atoms with Gasteiger partial charge in [0.2, 0.25) is 0 Å². The van der Waals surface area contributed by atoms with E-state index in [9.17, 15) is 9.90 Å². The van der Waals surface area contributed by atoms with Crippen LogP contribution in [0, 0.1) is 0 Å². The van der Waals surface area contributed by atoms with Gasteiger partial charge in [-0.2, -0.15) is 0 Å². The highest BCUT2D eigenvalue weighted by Crippen LogP contribution is 2.37. The van der Waals surface area contributed by atoms with Crippen molar-refractivity contribution >= 4 is 65.4 Å². The minimum absolute atomic E-state index is 0.250. The van der Waals surface area contributed by atoms with Gasteiger partial charge in [-0.25, -0.2) is 9.78 Å². The molecule has 6 aromatic rings. The van der Waals surface area contributed by atoms with Crippen molar-refractivity contribution in [2.75, 3.05) is 0 Å². The summed E-state index contributed by atoms with van der Waals surface area (Å²) in [6.45, 7) is 0. The number of imidazole rings is 1. The third-order valence-electron chi connectivity index (χ3n) is 5.61. The average molecular weight is 456 g/mol. The quantitative estimate of drug-likeness (QED) is 0.261. The zero-order valence-electron chi connectivity index (χ0n) is 15.5. The number of halogens is 1. The minimum Gasteiger partial charge on any atom is -0.478 e. The fourth-order valence-corrected chi connectivity index (χ4v) is 4.58. The molecule has 30 heavy (non-hydrogen) atoms. The predicted octanol–water partition coefficient (Wildman–Crippen LogP) is 6.48. The van der Waals surface area contributed by atoms with Crippen LogP contribution < -0.4 is 0 Å². The van der Waals surface area contributed by atoms with Gasteiger partial charge >= 0.3 is 5.97 Å². The molecule has 4 aromatic carbocycles. The zero-order valence-corrected chi connectivity index (χ0v) is 17.1. The number of carbonyl (C=O) groups is 1. The van der Waals surface area contributed by atoms with Crippen molar-refractivity contribution in [3.8, 4) is 11.4 Å². The van der Waals surface area contributed by atoms with Crippen LogP contribution in [-0.4, -0.2) is 26.0 Å². The van der Waals surface area contributed by atoms with Crippen LogP contribution in [-0.2, 0) is 0 Å². The summed E-state index contributed by atoms with van der Waals surface area (Å²) >= 11 is 3.54. The first kappa shape index (κ1) is 17.2. The van der Waals surface area contributed by atoms with E-state index in [1.807, 2.05) is 36.5 Å². The number of aromatic nitrogens is 3. The third-order valence-corrected chi connectivity index (χ3v) is 6.10. The third kappa shape index (κ3) is 2.40. The number of hydrogen-bond donors (Lipinski definition) is 3. The maximum Gasteiger partial charge on any atom is 0.335 e. The number of fused-ring (bicyclic) bond motifs is 7. The summed E-state index contributed by atoms with van der Waals surface area (Å²) in [6.07, 6.45) is 1.95. The number of aromatic amines is 2. The van der Waals surface area contributed by atoms with Crippen LogP contribution in [0.25, 0.3) is 54.9 Å². The van der Waals surface area contributed by atoms with Gasteiger partial charge in [0.05, 0.1) is 16.6 Å². The lowest BCUT2D eigenvalue weighted by Gasteiger charge is -2.06. The summed E-state index contributed by atoms with van der Waals surface area (Å²) < 4.78 is 0.994. The number of carboxylic acid groups (broad SMARTS) is 1. The van der Waals surface area contributed by atoms with Crippen molar-refractivity contribution in [1.82, 2.24) is 15.0 Å². The number of H-pyrrole nitrogens is 2. The highest BCUT2D eigenvalue weighted by molar-refractivity contribution is 9.10. The second-order valence-electron chi connectivity index (χ2n) is 7.31. The lowest BCUT2D eigenvalue weighted by atomic mass is 9.98. The largest absolute Gasteiger partial charge is 0.478 e. The van der Waals surface area contributed by atoms with Crippen LogP contribution in [0.5, 0.6) is 0 Å². The number of aromatic carboxylic acids is 1. The van der Waals surface area contributed by atoms with Crippen molar-refractivity contribution in [3.63, 3.8) is 0 Å². The number of nitrogens with zero attached hydrogens (tertiary/aromatic N) is 1. The molecule has 3 N–H and O–H groups in total. The maximum absolute atomic E-state index is 11.6. The van der Waals surface area contributed by atoms with Crippen LogP contribution in [0.2, 0.25) is 0 Å². The Hall–Kier alpha value is -3.64. The van der Waals surface area contributed by atoms with E-state index in [0.29, 0.717) is 0 Å². The molecule has 0 amide bonds. The summed E-state index contributed by atoms with van der Waals surface area (Å²) in [4.78, 5) is 23.3. The van der Waals surface area contributed by atoms with E-state index in [1.165, 1.54) is 0 Å². The summed E-state index contributed by atoms with van der Waals surface area (Å²) in [5, 5.41) is 14.5. The van der Waals surface area contributed by atoms with Gasteiger partial charge in [-0.15, -0.1) is 0 Å². The molecule has 6 rings (SSSR count). The molecule has 5 nitrogen and oxygen atoms in total. The first-order valence-corrected chi connectivity index (χ1v) is 10.2. The maximum atomic E-state index is 11.6. The van der Waals surface area contributed by atoms with Crippen LogP contribution in [0.15, 0.2) is 71.3 Å². The van der Waals surface area contributed by atoms with E-state index < -0.39 is 5.97 Å². The predicted molar refractivity (Wildman–Crippen MR) is 123 cm³/mol. The molecule has 0 aliphatic carbocycles.